The second kappa shape index (κ2) is 6.43. The predicted octanol–water partition coefficient (Wildman–Crippen LogP) is 3.55. The highest BCUT2D eigenvalue weighted by Gasteiger charge is 2.35. The molecule has 1 amide bonds. The third-order valence-electron chi connectivity index (χ3n) is 5.04. The Morgan fingerprint density at radius 2 is 2.04 bits per heavy atom. The second-order valence-electron chi connectivity index (χ2n) is 6.65. The summed E-state index contributed by atoms with van der Waals surface area (Å²) in [6, 6.07) is 7.46. The third-order valence-corrected chi connectivity index (χ3v) is 5.04. The number of aromatic nitrogens is 1. The van der Waals surface area contributed by atoms with Crippen molar-refractivity contribution >= 4 is 5.91 Å². The standard InChI is InChI=1S/C19H22N2O4/c1-23-13-7-8-17(24-2)14(10-13)16-4-3-9-21(16)19(22)15-11-18(25-20-15)12-5-6-12/h7-8,10-12,16H,3-6,9H2,1-2H3/t16-/m0/s1. The molecule has 1 saturated carbocycles. The molecule has 132 valence electrons. The zero-order valence-corrected chi connectivity index (χ0v) is 14.5. The molecule has 6 nitrogen and oxygen atoms in total. The quantitative estimate of drug-likeness (QED) is 0.831. The van der Waals surface area contributed by atoms with Crippen LogP contribution in [0.3, 0.4) is 0 Å². The topological polar surface area (TPSA) is 64.8 Å². The van der Waals surface area contributed by atoms with Crippen molar-refractivity contribution in [1.82, 2.24) is 10.1 Å². The highest BCUT2D eigenvalue weighted by atomic mass is 16.5. The van der Waals surface area contributed by atoms with Crippen LogP contribution in [-0.2, 0) is 0 Å². The number of methoxy groups -OCH3 is 2. The smallest absolute Gasteiger partial charge is 0.276 e. The summed E-state index contributed by atoms with van der Waals surface area (Å²) in [5.41, 5.74) is 1.37. The maximum Gasteiger partial charge on any atom is 0.276 e. The van der Waals surface area contributed by atoms with Crippen molar-refractivity contribution in [1.29, 1.82) is 0 Å². The van der Waals surface area contributed by atoms with Gasteiger partial charge in [-0.05, 0) is 43.9 Å². The first-order chi connectivity index (χ1) is 12.2. The maximum atomic E-state index is 13.0. The van der Waals surface area contributed by atoms with Crippen molar-refractivity contribution in [3.05, 3.63) is 41.3 Å². The fourth-order valence-corrected chi connectivity index (χ4v) is 3.53. The Kier molecular flexibility index (Phi) is 4.11. The number of likely N-dealkylation sites (tertiary alicyclic amines) is 1. The number of nitrogens with zero attached hydrogens (tertiary/aromatic N) is 2. The number of rotatable bonds is 5. The SMILES string of the molecule is COc1ccc(OC)c([C@@H]2CCCN2C(=O)c2cc(C3CC3)on2)c1. The van der Waals surface area contributed by atoms with Gasteiger partial charge in [0, 0.05) is 24.1 Å². The number of benzene rings is 1. The van der Waals surface area contributed by atoms with E-state index < -0.39 is 0 Å². The van der Waals surface area contributed by atoms with Gasteiger partial charge in [-0.1, -0.05) is 5.16 Å². The zero-order valence-electron chi connectivity index (χ0n) is 14.5. The van der Waals surface area contributed by atoms with Crippen molar-refractivity contribution in [3.8, 4) is 11.5 Å². The molecule has 1 atom stereocenters. The summed E-state index contributed by atoms with van der Waals surface area (Å²) >= 11 is 0. The van der Waals surface area contributed by atoms with Gasteiger partial charge in [-0.3, -0.25) is 4.79 Å². The van der Waals surface area contributed by atoms with Crippen molar-refractivity contribution in [2.24, 2.45) is 0 Å². The summed E-state index contributed by atoms with van der Waals surface area (Å²) in [6.45, 7) is 0.704. The summed E-state index contributed by atoms with van der Waals surface area (Å²) < 4.78 is 16.2. The molecule has 1 saturated heterocycles. The molecule has 1 aromatic heterocycles. The van der Waals surface area contributed by atoms with Gasteiger partial charge in [-0.15, -0.1) is 0 Å². The van der Waals surface area contributed by atoms with E-state index in [2.05, 4.69) is 5.16 Å². The normalized spacial score (nSPS) is 19.9. The Labute approximate surface area is 146 Å². The number of carbonyl (C=O) groups is 1. The van der Waals surface area contributed by atoms with Crippen LogP contribution >= 0.6 is 0 Å². The van der Waals surface area contributed by atoms with Crippen LogP contribution < -0.4 is 9.47 Å². The van der Waals surface area contributed by atoms with E-state index in [9.17, 15) is 4.79 Å². The molecule has 1 aliphatic heterocycles. The average molecular weight is 342 g/mol. The highest BCUT2D eigenvalue weighted by Crippen LogP contribution is 2.42. The van der Waals surface area contributed by atoms with Crippen LogP contribution in [0.15, 0.2) is 28.8 Å². The Morgan fingerprint density at radius 1 is 1.20 bits per heavy atom. The molecule has 2 heterocycles. The van der Waals surface area contributed by atoms with Crippen molar-refractivity contribution in [2.75, 3.05) is 20.8 Å². The first-order valence-electron chi connectivity index (χ1n) is 8.70. The van der Waals surface area contributed by atoms with Crippen molar-refractivity contribution in [3.63, 3.8) is 0 Å². The molecule has 2 aliphatic rings. The number of hydrogen-bond acceptors (Lipinski definition) is 5. The van der Waals surface area contributed by atoms with Crippen LogP contribution in [0.4, 0.5) is 0 Å². The molecule has 2 aromatic rings. The fraction of sp³-hybridized carbons (Fsp3) is 0.474. The van der Waals surface area contributed by atoms with Gasteiger partial charge in [0.05, 0.1) is 20.3 Å². The number of ether oxygens (including phenoxy) is 2. The number of carbonyl (C=O) groups excluding carboxylic acids is 1. The van der Waals surface area contributed by atoms with Gasteiger partial charge < -0.3 is 18.9 Å². The molecule has 1 aromatic carbocycles. The van der Waals surface area contributed by atoms with Crippen LogP contribution in [0.1, 0.15) is 59.5 Å². The molecular formula is C19H22N2O4. The van der Waals surface area contributed by atoms with Crippen LogP contribution in [-0.4, -0.2) is 36.7 Å². The molecule has 0 bridgehead atoms. The third kappa shape index (κ3) is 2.97. The Morgan fingerprint density at radius 3 is 2.76 bits per heavy atom. The molecular weight excluding hydrogens is 320 g/mol. The summed E-state index contributed by atoms with van der Waals surface area (Å²) in [4.78, 5) is 14.8. The summed E-state index contributed by atoms with van der Waals surface area (Å²) in [7, 11) is 3.28. The number of hydrogen-bond donors (Lipinski definition) is 0. The van der Waals surface area contributed by atoms with Crippen LogP contribution in [0, 0.1) is 0 Å². The lowest BCUT2D eigenvalue weighted by atomic mass is 10.0. The monoisotopic (exact) mass is 342 g/mol. The minimum Gasteiger partial charge on any atom is -0.497 e. The van der Waals surface area contributed by atoms with E-state index in [1.54, 1.807) is 20.3 Å². The van der Waals surface area contributed by atoms with E-state index in [4.69, 9.17) is 14.0 Å². The van der Waals surface area contributed by atoms with E-state index >= 15 is 0 Å². The molecule has 6 heteroatoms. The van der Waals surface area contributed by atoms with Crippen LogP contribution in [0.5, 0.6) is 11.5 Å². The maximum absolute atomic E-state index is 13.0. The molecule has 0 radical (unpaired) electrons. The molecule has 0 unspecified atom stereocenters. The van der Waals surface area contributed by atoms with Gasteiger partial charge in [-0.25, -0.2) is 0 Å². The van der Waals surface area contributed by atoms with E-state index in [-0.39, 0.29) is 11.9 Å². The Bertz CT molecular complexity index is 781. The van der Waals surface area contributed by atoms with Crippen molar-refractivity contribution < 1.29 is 18.8 Å². The molecule has 0 spiro atoms. The van der Waals surface area contributed by atoms with E-state index in [1.165, 1.54) is 0 Å². The van der Waals surface area contributed by atoms with E-state index in [1.807, 2.05) is 23.1 Å². The van der Waals surface area contributed by atoms with Crippen LogP contribution in [0.2, 0.25) is 0 Å². The van der Waals surface area contributed by atoms with Gasteiger partial charge in [0.25, 0.3) is 5.91 Å². The molecule has 2 fully saturated rings. The summed E-state index contributed by atoms with van der Waals surface area (Å²) in [6.07, 6.45) is 4.08. The lowest BCUT2D eigenvalue weighted by molar-refractivity contribution is 0.0723. The largest absolute Gasteiger partial charge is 0.497 e. The number of amides is 1. The zero-order chi connectivity index (χ0) is 17.4. The van der Waals surface area contributed by atoms with Gasteiger partial charge in [0.1, 0.15) is 17.3 Å². The molecule has 0 N–H and O–H groups in total. The van der Waals surface area contributed by atoms with Crippen LogP contribution in [0.25, 0.3) is 0 Å². The summed E-state index contributed by atoms with van der Waals surface area (Å²) in [5, 5.41) is 4.00. The molecule has 1 aliphatic carbocycles. The molecule has 25 heavy (non-hydrogen) atoms. The van der Waals surface area contributed by atoms with Gasteiger partial charge >= 0.3 is 0 Å². The minimum absolute atomic E-state index is 0.0429. The summed E-state index contributed by atoms with van der Waals surface area (Å²) in [5.74, 6) is 2.72. The fourth-order valence-electron chi connectivity index (χ4n) is 3.53. The van der Waals surface area contributed by atoms with Gasteiger partial charge in [0.15, 0.2) is 5.69 Å². The first-order valence-corrected chi connectivity index (χ1v) is 8.70. The van der Waals surface area contributed by atoms with Gasteiger partial charge in [0.2, 0.25) is 0 Å². The minimum atomic E-state index is -0.0805. The first kappa shape index (κ1) is 16.0. The lowest BCUT2D eigenvalue weighted by Gasteiger charge is -2.26. The van der Waals surface area contributed by atoms with Gasteiger partial charge in [-0.2, -0.15) is 0 Å². The Hall–Kier alpha value is -2.50. The average Bonchev–Trinajstić information content (AvgIpc) is 3.19. The van der Waals surface area contributed by atoms with Crippen molar-refractivity contribution in [2.45, 2.75) is 37.6 Å². The molecule has 4 rings (SSSR count). The Balaban J connectivity index is 1.62. The second-order valence-corrected chi connectivity index (χ2v) is 6.65. The van der Waals surface area contributed by atoms with E-state index in [0.29, 0.717) is 18.2 Å². The predicted molar refractivity (Wildman–Crippen MR) is 91.0 cm³/mol. The highest BCUT2D eigenvalue weighted by molar-refractivity contribution is 5.92. The van der Waals surface area contributed by atoms with E-state index in [0.717, 1.165) is 48.5 Å². The lowest BCUT2D eigenvalue weighted by Crippen LogP contribution is -2.31.